The number of halogens is 2. The van der Waals surface area contributed by atoms with Crippen molar-refractivity contribution >= 4 is 44.6 Å². The van der Waals surface area contributed by atoms with Gasteiger partial charge in [0.05, 0.1) is 0 Å². The fourth-order valence-electron chi connectivity index (χ4n) is 8.38. The summed E-state index contributed by atoms with van der Waals surface area (Å²) in [6, 6.07) is 54.8. The minimum Gasteiger partial charge on any atom is -0.509 e. The van der Waals surface area contributed by atoms with Gasteiger partial charge in [-0.05, 0) is 75.9 Å². The molecule has 0 saturated carbocycles. The molecule has 5 nitrogen and oxygen atoms in total. The predicted octanol–water partition coefficient (Wildman–Crippen LogP) is 15.0. The molecule has 63 heavy (non-hydrogen) atoms. The number of aromatic nitrogens is 2. The van der Waals surface area contributed by atoms with Crippen molar-refractivity contribution < 1.29 is 36.0 Å². The Kier molecular flexibility index (Phi) is 10.7. The number of nitrogens with zero attached hydrogens (tertiary/aromatic N) is 4. The van der Waals surface area contributed by atoms with Gasteiger partial charge in [0.1, 0.15) is 17.5 Å². The molecule has 3 heterocycles. The largest absolute Gasteiger partial charge is 0.509 e. The zero-order chi connectivity index (χ0) is 43.6. The Morgan fingerprint density at radius 1 is 0.667 bits per heavy atom. The third-order valence-electron chi connectivity index (χ3n) is 11.5. The van der Waals surface area contributed by atoms with E-state index in [0.29, 0.717) is 28.3 Å². The number of pyridine rings is 1. The average Bonchev–Trinajstić information content (AvgIpc) is 3.81. The van der Waals surface area contributed by atoms with E-state index in [1.165, 1.54) is 17.7 Å². The second-order valence-corrected chi connectivity index (χ2v) is 16.9. The summed E-state index contributed by atoms with van der Waals surface area (Å²) >= 11 is 0. The number of ether oxygens (including phenoxy) is 1. The zero-order valence-corrected chi connectivity index (χ0v) is 37.6. The van der Waals surface area contributed by atoms with Crippen LogP contribution in [0.25, 0.3) is 49.9 Å². The van der Waals surface area contributed by atoms with Gasteiger partial charge < -0.3 is 19.1 Å². The second kappa shape index (κ2) is 16.6. The molecule has 10 rings (SSSR count). The molecule has 0 fully saturated rings. The van der Waals surface area contributed by atoms with Gasteiger partial charge in [-0.2, -0.15) is 6.07 Å². The van der Waals surface area contributed by atoms with Crippen LogP contribution in [0.15, 0.2) is 158 Å². The first-order chi connectivity index (χ1) is 30.3. The molecule has 0 aliphatic carbocycles. The van der Waals surface area contributed by atoms with Crippen molar-refractivity contribution in [3.05, 3.63) is 199 Å². The normalized spacial score (nSPS) is 13.0. The van der Waals surface area contributed by atoms with Crippen molar-refractivity contribution in [3.63, 3.8) is 0 Å². The van der Waals surface area contributed by atoms with E-state index in [9.17, 15) is 10.2 Å². The first-order valence-electron chi connectivity index (χ1n) is 21.2. The van der Waals surface area contributed by atoms with Crippen LogP contribution in [-0.4, -0.2) is 9.55 Å². The number of para-hydroxylation sites is 4. The molecule has 8 heteroatoms. The van der Waals surface area contributed by atoms with E-state index in [1.54, 1.807) is 0 Å². The Hall–Kier alpha value is -6.56. The molecule has 2 aromatic heterocycles. The molecule has 0 amide bonds. The maximum atomic E-state index is 14.9. The molecular formula is C55H43F2N4OPt-3. The van der Waals surface area contributed by atoms with Gasteiger partial charge in [-0.3, -0.25) is 0 Å². The summed E-state index contributed by atoms with van der Waals surface area (Å²) in [6.07, 6.45) is 1.86. The van der Waals surface area contributed by atoms with E-state index in [1.807, 2.05) is 135 Å². The van der Waals surface area contributed by atoms with Crippen molar-refractivity contribution in [2.45, 2.75) is 45.9 Å². The summed E-state index contributed by atoms with van der Waals surface area (Å²) in [5.74, 6) is -0.625. The topological polar surface area (TPSA) is 33.5 Å². The molecule has 0 spiro atoms. The molecule has 0 radical (unpaired) electrons. The summed E-state index contributed by atoms with van der Waals surface area (Å²) in [5.41, 5.74) is 9.63. The summed E-state index contributed by atoms with van der Waals surface area (Å²) in [5, 5.41) is 2.10. The van der Waals surface area contributed by atoms with Crippen molar-refractivity contribution in [2.24, 2.45) is 0 Å². The number of anilines is 4. The quantitative estimate of drug-likeness (QED) is 0.142. The summed E-state index contributed by atoms with van der Waals surface area (Å²) in [6.45, 7) is 12.2. The number of hydrogen-bond acceptors (Lipinski definition) is 4. The molecule has 7 aromatic carbocycles. The van der Waals surface area contributed by atoms with Crippen LogP contribution < -0.4 is 14.5 Å². The zero-order valence-electron chi connectivity index (χ0n) is 36.4. The van der Waals surface area contributed by atoms with E-state index in [4.69, 9.17) is 9.72 Å². The SMILES string of the molecule is [2H]C(C)(C)c1cc(Oc2[c-]c3c(cc2)c2ccccc2n3-c2cc(C(C)(C)C)ccn2)[c-]c(N2[CH-]N(c3c(-c4ccccc4)cccc3-c3cc(F)cc(F)c3)c3ccccc32)c1.[Pt]. The average molecular weight is 1010 g/mol. The van der Waals surface area contributed by atoms with Gasteiger partial charge in [0, 0.05) is 79.9 Å². The summed E-state index contributed by atoms with van der Waals surface area (Å²) in [7, 11) is 0. The molecule has 9 aromatic rings. The second-order valence-electron chi connectivity index (χ2n) is 16.9. The van der Waals surface area contributed by atoms with E-state index in [2.05, 4.69) is 72.7 Å². The molecule has 1 aliphatic heterocycles. The van der Waals surface area contributed by atoms with Crippen LogP contribution in [0.2, 0.25) is 0 Å². The Labute approximate surface area is 382 Å². The van der Waals surface area contributed by atoms with Crippen LogP contribution in [0, 0.1) is 30.4 Å². The van der Waals surface area contributed by atoms with Crippen molar-refractivity contribution in [2.75, 3.05) is 9.80 Å². The number of benzene rings is 7. The van der Waals surface area contributed by atoms with Gasteiger partial charge in [0.15, 0.2) is 0 Å². The van der Waals surface area contributed by atoms with Gasteiger partial charge in [0.2, 0.25) is 0 Å². The van der Waals surface area contributed by atoms with Crippen LogP contribution in [0.4, 0.5) is 31.5 Å². The molecule has 316 valence electrons. The molecule has 0 atom stereocenters. The molecule has 1 aliphatic rings. The summed E-state index contributed by atoms with van der Waals surface area (Å²) < 4.78 is 47.8. The number of fused-ring (bicyclic) bond motifs is 4. The van der Waals surface area contributed by atoms with Crippen molar-refractivity contribution in [1.82, 2.24) is 9.55 Å². The first kappa shape index (κ1) is 40.5. The minimum absolute atomic E-state index is 0. The van der Waals surface area contributed by atoms with Crippen LogP contribution in [0.1, 0.15) is 53.0 Å². The fourth-order valence-corrected chi connectivity index (χ4v) is 8.38. The van der Waals surface area contributed by atoms with Crippen LogP contribution in [0.3, 0.4) is 0 Å². The fraction of sp³-hybridized carbons (Fsp3) is 0.127. The van der Waals surface area contributed by atoms with E-state index in [0.717, 1.165) is 67.4 Å². The van der Waals surface area contributed by atoms with Gasteiger partial charge >= 0.3 is 0 Å². The maximum Gasteiger partial charge on any atom is 0.135 e. The molecule has 0 bridgehead atoms. The number of rotatable bonds is 8. The van der Waals surface area contributed by atoms with E-state index >= 15 is 0 Å². The molecular weight excluding hydrogens is 966 g/mol. The van der Waals surface area contributed by atoms with Crippen LogP contribution >= 0.6 is 0 Å². The Bertz CT molecular complexity index is 3190. The van der Waals surface area contributed by atoms with Gasteiger partial charge in [0.25, 0.3) is 0 Å². The van der Waals surface area contributed by atoms with Gasteiger partial charge in [-0.25, -0.2) is 13.8 Å². The van der Waals surface area contributed by atoms with Crippen LogP contribution in [-0.2, 0) is 26.5 Å². The van der Waals surface area contributed by atoms with E-state index < -0.39 is 17.5 Å². The smallest absolute Gasteiger partial charge is 0.135 e. The third kappa shape index (κ3) is 7.80. The Balaban J connectivity index is 0.00000518. The molecule has 0 unspecified atom stereocenters. The first-order valence-corrected chi connectivity index (χ1v) is 20.7. The minimum atomic E-state index is -1.00. The predicted molar refractivity (Wildman–Crippen MR) is 248 cm³/mol. The Morgan fingerprint density at radius 2 is 1.35 bits per heavy atom. The monoisotopic (exact) mass is 1010 g/mol. The molecule has 0 N–H and O–H groups in total. The molecule has 0 saturated heterocycles. The third-order valence-corrected chi connectivity index (χ3v) is 11.5. The number of hydrogen-bond donors (Lipinski definition) is 0. The van der Waals surface area contributed by atoms with Crippen molar-refractivity contribution in [1.29, 1.82) is 0 Å². The van der Waals surface area contributed by atoms with Gasteiger partial charge in [-0.1, -0.05) is 119 Å². The Morgan fingerprint density at radius 3 is 2.08 bits per heavy atom. The maximum absolute atomic E-state index is 14.9. The van der Waals surface area contributed by atoms with E-state index in [-0.39, 0.29) is 26.5 Å². The standard InChI is InChI=1S/C55H43F2N4O.Pt/c1-35(2)37-28-42(32-44(29-37)62-43-22-23-48-47-16-9-10-19-49(47)61(52(48)33-43)53-30-39(24-25-58-53)55(3,4)5)59-34-60(51-21-12-11-20-50(51)59)54-45(36-14-7-6-8-15-36)17-13-18-46(54)38-26-40(56)31-41(57)27-38;/h6-31,34-35H,1-5H3;/q-3;/i35D;. The van der Waals surface area contributed by atoms with Crippen LogP contribution in [0.5, 0.6) is 11.5 Å². The van der Waals surface area contributed by atoms with Gasteiger partial charge in [-0.15, -0.1) is 53.6 Å². The summed E-state index contributed by atoms with van der Waals surface area (Å²) in [4.78, 5) is 8.91. The van der Waals surface area contributed by atoms with Crippen molar-refractivity contribution in [3.8, 4) is 39.6 Å².